The lowest BCUT2D eigenvalue weighted by Gasteiger charge is -2.15. The smallest absolute Gasteiger partial charge is 0.164 e. The van der Waals surface area contributed by atoms with Crippen molar-refractivity contribution < 1.29 is 8.83 Å². The van der Waals surface area contributed by atoms with E-state index < -0.39 is 0 Å². The van der Waals surface area contributed by atoms with E-state index in [0.717, 1.165) is 104 Å². The fraction of sp³-hybridized carbons (Fsp3) is 0. The Kier molecular flexibility index (Phi) is 6.56. The minimum Gasteiger partial charge on any atom is -0.456 e. The van der Waals surface area contributed by atoms with Crippen LogP contribution < -0.4 is 0 Å². The van der Waals surface area contributed by atoms with Gasteiger partial charge in [0.15, 0.2) is 17.5 Å². The van der Waals surface area contributed by atoms with Crippen LogP contribution in [0.4, 0.5) is 0 Å². The van der Waals surface area contributed by atoms with Gasteiger partial charge in [-0.15, -0.1) is 0 Å². The summed E-state index contributed by atoms with van der Waals surface area (Å²) in [6.07, 6.45) is 0. The third-order valence-corrected chi connectivity index (χ3v) is 11.1. The minimum absolute atomic E-state index is 0.589. The van der Waals surface area contributed by atoms with E-state index in [2.05, 4.69) is 133 Å². The first kappa shape index (κ1) is 30.8. The molecule has 0 aliphatic carbocycles. The van der Waals surface area contributed by atoms with Gasteiger partial charge in [-0.1, -0.05) is 146 Å². The summed E-state index contributed by atoms with van der Waals surface area (Å²) in [7, 11) is 0. The average Bonchev–Trinajstić information content (AvgIpc) is 3.84. The van der Waals surface area contributed by atoms with Crippen LogP contribution in [0.1, 0.15) is 0 Å². The molecule has 0 atom stereocenters. The fourth-order valence-corrected chi connectivity index (χ4v) is 8.62. The lowest BCUT2D eigenvalue weighted by molar-refractivity contribution is 0.669. The van der Waals surface area contributed by atoms with Gasteiger partial charge in [0.2, 0.25) is 0 Å². The number of nitrogens with zero attached hydrogens (tertiary/aromatic N) is 3. The summed E-state index contributed by atoms with van der Waals surface area (Å²) in [5.41, 5.74) is 8.46. The first-order valence-corrected chi connectivity index (χ1v) is 18.8. The molecule has 0 spiro atoms. The number of hydrogen-bond donors (Lipinski definition) is 0. The molecule has 0 N–H and O–H groups in total. The fourth-order valence-electron chi connectivity index (χ4n) is 8.62. The van der Waals surface area contributed by atoms with Crippen molar-refractivity contribution in [3.05, 3.63) is 176 Å². The summed E-state index contributed by atoms with van der Waals surface area (Å²) >= 11 is 0. The summed E-state index contributed by atoms with van der Waals surface area (Å²) < 4.78 is 12.8. The number of hydrogen-bond acceptors (Lipinski definition) is 5. The summed E-state index contributed by atoms with van der Waals surface area (Å²) in [5.74, 6) is 1.81. The van der Waals surface area contributed by atoms with Crippen LogP contribution in [0.3, 0.4) is 0 Å². The third kappa shape index (κ3) is 4.58. The van der Waals surface area contributed by atoms with Crippen LogP contribution in [-0.4, -0.2) is 15.0 Å². The summed E-state index contributed by atoms with van der Waals surface area (Å²) in [4.78, 5) is 15.8. The van der Waals surface area contributed by atoms with Gasteiger partial charge >= 0.3 is 0 Å². The summed E-state index contributed by atoms with van der Waals surface area (Å²) in [6.45, 7) is 0. The van der Waals surface area contributed by atoms with Crippen molar-refractivity contribution in [3.63, 3.8) is 0 Å². The van der Waals surface area contributed by atoms with Crippen LogP contribution in [-0.2, 0) is 0 Å². The van der Waals surface area contributed by atoms with Crippen molar-refractivity contribution in [2.24, 2.45) is 0 Å². The minimum atomic E-state index is 0.589. The Labute approximate surface area is 320 Å². The Morgan fingerprint density at radius 3 is 1.54 bits per heavy atom. The highest BCUT2D eigenvalue weighted by Crippen LogP contribution is 2.44. The number of fused-ring (bicyclic) bond motifs is 10. The molecule has 0 fully saturated rings. The van der Waals surface area contributed by atoms with Gasteiger partial charge in [0.25, 0.3) is 0 Å². The van der Waals surface area contributed by atoms with Gasteiger partial charge in [-0.3, -0.25) is 0 Å². The molecular formula is C51H29N3O2. The van der Waals surface area contributed by atoms with Crippen molar-refractivity contribution in [3.8, 4) is 45.3 Å². The van der Waals surface area contributed by atoms with Crippen molar-refractivity contribution in [1.82, 2.24) is 15.0 Å². The zero-order valence-corrected chi connectivity index (χ0v) is 29.9. The largest absolute Gasteiger partial charge is 0.456 e. The zero-order valence-electron chi connectivity index (χ0n) is 29.9. The summed E-state index contributed by atoms with van der Waals surface area (Å²) in [6, 6.07) is 61.0. The van der Waals surface area contributed by atoms with E-state index in [1.165, 1.54) is 0 Å². The second-order valence-electron chi connectivity index (χ2n) is 14.3. The first-order chi connectivity index (χ1) is 27.8. The molecule has 3 heterocycles. The molecule has 12 rings (SSSR count). The Morgan fingerprint density at radius 1 is 0.286 bits per heavy atom. The van der Waals surface area contributed by atoms with Crippen LogP contribution in [0.2, 0.25) is 0 Å². The van der Waals surface area contributed by atoms with Crippen molar-refractivity contribution in [1.29, 1.82) is 0 Å². The highest BCUT2D eigenvalue weighted by Gasteiger charge is 2.21. The number of furan rings is 2. The molecule has 0 saturated carbocycles. The maximum atomic E-state index is 6.46. The molecule has 0 radical (unpaired) electrons. The van der Waals surface area contributed by atoms with Gasteiger partial charge in [0.1, 0.15) is 22.3 Å². The van der Waals surface area contributed by atoms with Gasteiger partial charge in [0.05, 0.1) is 0 Å². The molecule has 0 amide bonds. The van der Waals surface area contributed by atoms with Crippen LogP contribution >= 0.6 is 0 Å². The zero-order chi connectivity index (χ0) is 36.7. The number of aromatic nitrogens is 3. The predicted molar refractivity (Wildman–Crippen MR) is 229 cm³/mol. The maximum absolute atomic E-state index is 6.46. The first-order valence-electron chi connectivity index (χ1n) is 18.8. The third-order valence-electron chi connectivity index (χ3n) is 11.1. The van der Waals surface area contributed by atoms with E-state index in [1.807, 2.05) is 42.5 Å². The molecular weight excluding hydrogens is 687 g/mol. The van der Waals surface area contributed by atoms with Crippen molar-refractivity contribution in [2.45, 2.75) is 0 Å². The topological polar surface area (TPSA) is 65.0 Å². The second kappa shape index (κ2) is 11.9. The Hall–Kier alpha value is -7.63. The molecule has 0 aliphatic heterocycles. The SMILES string of the molecule is c1ccc2c(-c3nc(-c4ccc(-c5cc6c7ccccc7oc6c6ccccc56)c5ccccc45)nc(-c4cccc5oc6ccccc6c45)n3)cccc2c1. The molecule has 5 nitrogen and oxygen atoms in total. The van der Waals surface area contributed by atoms with Gasteiger partial charge in [-0.05, 0) is 68.4 Å². The predicted octanol–water partition coefficient (Wildman–Crippen LogP) is 13.8. The molecule has 12 aromatic rings. The Morgan fingerprint density at radius 2 is 0.768 bits per heavy atom. The van der Waals surface area contributed by atoms with Gasteiger partial charge in [-0.25, -0.2) is 15.0 Å². The number of para-hydroxylation sites is 2. The van der Waals surface area contributed by atoms with Crippen LogP contribution in [0.25, 0.3) is 121 Å². The van der Waals surface area contributed by atoms with E-state index in [4.69, 9.17) is 23.8 Å². The monoisotopic (exact) mass is 715 g/mol. The molecule has 0 aliphatic rings. The Balaban J connectivity index is 1.13. The van der Waals surface area contributed by atoms with Gasteiger partial charge in [0, 0.05) is 43.6 Å². The molecule has 260 valence electrons. The molecule has 0 unspecified atom stereocenters. The van der Waals surface area contributed by atoms with Crippen LogP contribution in [0, 0.1) is 0 Å². The molecule has 3 aromatic heterocycles. The standard InChI is InChI=1S/C51H29N3O2/c1-2-15-31-30(13-1)14-11-22-38(31)49-52-50(54-51(53-49)41-23-12-26-46-47(41)40-21-8-10-25-45(40)55-46)39-28-27-35(32-16-3-4-17-33(32)39)42-29-43-36-19-7-9-24-44(36)56-48(43)37-20-6-5-18-34(37)42/h1-29H. The highest BCUT2D eigenvalue weighted by molar-refractivity contribution is 6.21. The molecule has 0 bridgehead atoms. The number of rotatable bonds is 4. The Bertz CT molecular complexity index is 3550. The van der Waals surface area contributed by atoms with Crippen LogP contribution in [0.15, 0.2) is 185 Å². The maximum Gasteiger partial charge on any atom is 0.164 e. The highest BCUT2D eigenvalue weighted by atomic mass is 16.3. The molecule has 56 heavy (non-hydrogen) atoms. The van der Waals surface area contributed by atoms with E-state index in [1.54, 1.807) is 0 Å². The van der Waals surface area contributed by atoms with E-state index in [-0.39, 0.29) is 0 Å². The summed E-state index contributed by atoms with van der Waals surface area (Å²) in [5, 5.41) is 10.8. The van der Waals surface area contributed by atoms with Gasteiger partial charge < -0.3 is 8.83 Å². The number of benzene rings is 9. The second-order valence-corrected chi connectivity index (χ2v) is 14.3. The quantitative estimate of drug-likeness (QED) is 0.181. The van der Waals surface area contributed by atoms with E-state index >= 15 is 0 Å². The molecule has 0 saturated heterocycles. The lowest BCUT2D eigenvalue weighted by Crippen LogP contribution is -2.01. The van der Waals surface area contributed by atoms with Crippen molar-refractivity contribution in [2.75, 3.05) is 0 Å². The van der Waals surface area contributed by atoms with E-state index in [0.29, 0.717) is 17.5 Å². The van der Waals surface area contributed by atoms with Gasteiger partial charge in [-0.2, -0.15) is 0 Å². The van der Waals surface area contributed by atoms with Crippen LogP contribution in [0.5, 0.6) is 0 Å². The van der Waals surface area contributed by atoms with E-state index in [9.17, 15) is 0 Å². The van der Waals surface area contributed by atoms with Crippen molar-refractivity contribution >= 4 is 76.2 Å². The molecule has 5 heteroatoms. The molecule has 9 aromatic carbocycles. The normalized spacial score (nSPS) is 11.9. The lowest BCUT2D eigenvalue weighted by atomic mass is 9.90. The average molecular weight is 716 g/mol.